The van der Waals surface area contributed by atoms with Gasteiger partial charge in [0.25, 0.3) is 0 Å². The molecule has 0 aliphatic carbocycles. The lowest BCUT2D eigenvalue weighted by molar-refractivity contribution is 1.54. The zero-order chi connectivity index (χ0) is 4.99. The van der Waals surface area contributed by atoms with Gasteiger partial charge in [0.15, 0.2) is 0 Å². The van der Waals surface area contributed by atoms with Gasteiger partial charge in [0, 0.05) is 11.8 Å². The average molecular weight is 106 g/mol. The summed E-state index contributed by atoms with van der Waals surface area (Å²) in [7, 11) is 0. The SMILES string of the molecule is C=N/C(N)=N\Cl. The van der Waals surface area contributed by atoms with E-state index in [1.807, 2.05) is 0 Å². The van der Waals surface area contributed by atoms with Crippen LogP contribution in [0.1, 0.15) is 0 Å². The molecule has 0 saturated heterocycles. The third-order valence-corrected chi connectivity index (χ3v) is 0.422. The fourth-order valence-corrected chi connectivity index (χ4v) is 0.0802. The van der Waals surface area contributed by atoms with Gasteiger partial charge in [0.1, 0.15) is 0 Å². The number of guanidine groups is 1. The van der Waals surface area contributed by atoms with Gasteiger partial charge < -0.3 is 5.73 Å². The molecule has 0 atom stereocenters. The highest BCUT2D eigenvalue weighted by Gasteiger charge is 1.72. The molecule has 0 aromatic heterocycles. The monoisotopic (exact) mass is 105 g/mol. The van der Waals surface area contributed by atoms with E-state index in [1.54, 1.807) is 0 Å². The Morgan fingerprint density at radius 1 is 1.83 bits per heavy atom. The molecule has 3 nitrogen and oxygen atoms in total. The largest absolute Gasteiger partial charge is 0.367 e. The van der Waals surface area contributed by atoms with Crippen molar-refractivity contribution in [1.29, 1.82) is 0 Å². The summed E-state index contributed by atoms with van der Waals surface area (Å²) in [6.45, 7) is 3.04. The molecular weight excluding hydrogens is 101 g/mol. The summed E-state index contributed by atoms with van der Waals surface area (Å²) in [5, 5.41) is 0. The zero-order valence-corrected chi connectivity index (χ0v) is 3.81. The van der Waals surface area contributed by atoms with Crippen LogP contribution in [0.4, 0.5) is 0 Å². The van der Waals surface area contributed by atoms with Gasteiger partial charge in [-0.3, -0.25) is 0 Å². The predicted octanol–water partition coefficient (Wildman–Crippen LogP) is 0.156. The van der Waals surface area contributed by atoms with Crippen LogP contribution in [0.15, 0.2) is 9.50 Å². The van der Waals surface area contributed by atoms with Crippen molar-refractivity contribution in [3.8, 4) is 0 Å². The fraction of sp³-hybridized carbons (Fsp3) is 0. The van der Waals surface area contributed by atoms with Gasteiger partial charge in [-0.15, -0.1) is 4.51 Å². The lowest BCUT2D eigenvalue weighted by atomic mass is 11.1. The molecule has 6 heavy (non-hydrogen) atoms. The number of halogens is 1. The molecule has 0 fully saturated rings. The van der Waals surface area contributed by atoms with Crippen LogP contribution in [0, 0.1) is 0 Å². The minimum atomic E-state index is -0.00309. The van der Waals surface area contributed by atoms with Gasteiger partial charge in [-0.25, -0.2) is 4.99 Å². The molecule has 2 N–H and O–H groups in total. The third-order valence-electron chi connectivity index (χ3n) is 0.249. The summed E-state index contributed by atoms with van der Waals surface area (Å²) in [6.07, 6.45) is 0. The molecule has 0 saturated carbocycles. The van der Waals surface area contributed by atoms with Crippen LogP contribution >= 0.6 is 11.8 Å². The highest BCUT2D eigenvalue weighted by Crippen LogP contribution is 1.73. The van der Waals surface area contributed by atoms with Crippen LogP contribution < -0.4 is 5.73 Å². The molecule has 0 spiro atoms. The predicted molar refractivity (Wildman–Crippen MR) is 27.0 cm³/mol. The maximum Gasteiger partial charge on any atom is 0.231 e. The molecule has 0 radical (unpaired) electrons. The molecule has 0 unspecified atom stereocenters. The van der Waals surface area contributed by atoms with E-state index in [0.29, 0.717) is 0 Å². The van der Waals surface area contributed by atoms with Crippen molar-refractivity contribution in [2.24, 2.45) is 15.2 Å². The molecule has 34 valence electrons. The van der Waals surface area contributed by atoms with Crippen LogP contribution in [0.2, 0.25) is 0 Å². The van der Waals surface area contributed by atoms with Crippen molar-refractivity contribution in [2.75, 3.05) is 0 Å². The Labute approximate surface area is 40.6 Å². The standard InChI is InChI=1S/C2H4ClN3/c1-5-2(4)6-3/h1H2,(H2,4,6). The summed E-state index contributed by atoms with van der Waals surface area (Å²) in [5.41, 5.74) is 4.86. The molecule has 4 heteroatoms. The maximum atomic E-state index is 4.86. The zero-order valence-electron chi connectivity index (χ0n) is 3.06. The van der Waals surface area contributed by atoms with E-state index in [9.17, 15) is 0 Å². The van der Waals surface area contributed by atoms with Crippen molar-refractivity contribution >= 4 is 24.5 Å². The number of hydrogen-bond donors (Lipinski definition) is 1. The Hall–Kier alpha value is -0.570. The first-order valence-corrected chi connectivity index (χ1v) is 1.56. The van der Waals surface area contributed by atoms with Crippen LogP contribution in [-0.4, -0.2) is 12.7 Å². The van der Waals surface area contributed by atoms with E-state index in [0.717, 1.165) is 0 Å². The number of aliphatic imine (C=N–C) groups is 1. The Balaban J connectivity index is 3.50. The van der Waals surface area contributed by atoms with Crippen molar-refractivity contribution in [3.05, 3.63) is 0 Å². The summed E-state index contributed by atoms with van der Waals surface area (Å²) in [4.78, 5) is 3.15. The Kier molecular flexibility index (Phi) is 2.40. The van der Waals surface area contributed by atoms with Crippen LogP contribution in [0.25, 0.3) is 0 Å². The maximum absolute atomic E-state index is 4.86. The van der Waals surface area contributed by atoms with Crippen LogP contribution in [-0.2, 0) is 0 Å². The Morgan fingerprint density at radius 3 is 2.33 bits per heavy atom. The van der Waals surface area contributed by atoms with Crippen molar-refractivity contribution in [1.82, 2.24) is 0 Å². The van der Waals surface area contributed by atoms with Crippen molar-refractivity contribution in [3.63, 3.8) is 0 Å². The fourth-order valence-electron chi connectivity index (χ4n) is 0.0267. The highest BCUT2D eigenvalue weighted by atomic mass is 35.5. The van der Waals surface area contributed by atoms with Crippen LogP contribution in [0.3, 0.4) is 0 Å². The van der Waals surface area contributed by atoms with Gasteiger partial charge in [0.05, 0.1) is 0 Å². The normalized spacial score (nSPS) is 11.2. The van der Waals surface area contributed by atoms with E-state index in [-0.39, 0.29) is 5.96 Å². The molecule has 0 rings (SSSR count). The van der Waals surface area contributed by atoms with Crippen molar-refractivity contribution < 1.29 is 0 Å². The molecule has 0 amide bonds. The highest BCUT2D eigenvalue weighted by molar-refractivity contribution is 6.19. The smallest absolute Gasteiger partial charge is 0.231 e. The van der Waals surface area contributed by atoms with Gasteiger partial charge in [-0.05, 0) is 6.72 Å². The molecule has 0 aromatic carbocycles. The van der Waals surface area contributed by atoms with Gasteiger partial charge in [-0.1, -0.05) is 0 Å². The third kappa shape index (κ3) is 1.72. The summed E-state index contributed by atoms with van der Waals surface area (Å²) in [5.74, 6) is -0.00309. The van der Waals surface area contributed by atoms with Gasteiger partial charge in [0.2, 0.25) is 5.96 Å². The molecule has 0 bridgehead atoms. The van der Waals surface area contributed by atoms with Crippen molar-refractivity contribution in [2.45, 2.75) is 0 Å². The Morgan fingerprint density at radius 2 is 2.33 bits per heavy atom. The van der Waals surface area contributed by atoms with E-state index in [1.165, 1.54) is 0 Å². The van der Waals surface area contributed by atoms with E-state index < -0.39 is 0 Å². The molecule has 0 heterocycles. The van der Waals surface area contributed by atoms with E-state index in [4.69, 9.17) is 17.5 Å². The topological polar surface area (TPSA) is 50.7 Å². The first-order chi connectivity index (χ1) is 2.81. The van der Waals surface area contributed by atoms with E-state index in [2.05, 4.69) is 16.2 Å². The summed E-state index contributed by atoms with van der Waals surface area (Å²) >= 11 is 4.78. The molecule has 0 aliphatic rings. The number of rotatable bonds is 0. The lowest BCUT2D eigenvalue weighted by Crippen LogP contribution is -2.04. The lowest BCUT2D eigenvalue weighted by Gasteiger charge is -1.76. The summed E-state index contributed by atoms with van der Waals surface area (Å²) < 4.78 is 2.94. The van der Waals surface area contributed by atoms with E-state index >= 15 is 0 Å². The van der Waals surface area contributed by atoms with Crippen LogP contribution in [0.5, 0.6) is 0 Å². The molecule has 0 aromatic rings. The summed E-state index contributed by atoms with van der Waals surface area (Å²) in [6, 6.07) is 0. The number of nitrogens with two attached hydrogens (primary N) is 1. The first kappa shape index (κ1) is 5.43. The number of nitrogens with zero attached hydrogens (tertiary/aromatic N) is 2. The Bertz CT molecular complexity index is 76.9. The second kappa shape index (κ2) is 2.66. The quantitative estimate of drug-likeness (QED) is 0.346. The second-order valence-corrected chi connectivity index (χ2v) is 0.770. The molecule has 0 aliphatic heterocycles. The van der Waals surface area contributed by atoms with Gasteiger partial charge in [-0.2, -0.15) is 0 Å². The number of hydrogen-bond acceptors (Lipinski definition) is 1. The second-order valence-electron chi connectivity index (χ2n) is 0.601. The first-order valence-electron chi connectivity index (χ1n) is 1.22. The minimum Gasteiger partial charge on any atom is -0.367 e. The minimum absolute atomic E-state index is 0.00309. The van der Waals surface area contributed by atoms with Gasteiger partial charge >= 0.3 is 0 Å². The molecular formula is C2H4ClN3. The average Bonchev–Trinajstić information content (AvgIpc) is 1.65.